The molecular weight excluding hydrogens is 398 g/mol. The summed E-state index contributed by atoms with van der Waals surface area (Å²) in [6, 6.07) is 13.3. The SMILES string of the molecule is Cc1cc(F)ccc1C(C#N)CCOC1CCCCO1.Cc1cc(F)ccc1CC#N. The van der Waals surface area contributed by atoms with Crippen molar-refractivity contribution in [3.05, 3.63) is 70.3 Å². The molecule has 1 saturated heterocycles. The summed E-state index contributed by atoms with van der Waals surface area (Å²) in [6.07, 6.45) is 3.97. The lowest BCUT2D eigenvalue weighted by Crippen LogP contribution is -2.23. The number of benzene rings is 2. The first-order chi connectivity index (χ1) is 14.9. The average molecular weight is 427 g/mol. The topological polar surface area (TPSA) is 66.0 Å². The molecule has 2 aromatic rings. The molecule has 1 fully saturated rings. The molecule has 2 unspecified atom stereocenters. The molecule has 0 aromatic heterocycles. The molecule has 1 aliphatic rings. The zero-order valence-electron chi connectivity index (χ0n) is 18.0. The van der Waals surface area contributed by atoms with E-state index in [0.29, 0.717) is 19.4 Å². The molecule has 0 saturated carbocycles. The minimum atomic E-state index is -0.269. The Balaban J connectivity index is 0.000000262. The molecule has 1 heterocycles. The number of hydrogen-bond acceptors (Lipinski definition) is 4. The van der Waals surface area contributed by atoms with E-state index in [0.717, 1.165) is 48.1 Å². The van der Waals surface area contributed by atoms with Crippen LogP contribution in [0.3, 0.4) is 0 Å². The third kappa shape index (κ3) is 8.09. The van der Waals surface area contributed by atoms with Gasteiger partial charge in [-0.1, -0.05) is 12.1 Å². The van der Waals surface area contributed by atoms with Gasteiger partial charge in [0.25, 0.3) is 0 Å². The highest BCUT2D eigenvalue weighted by Crippen LogP contribution is 2.24. The van der Waals surface area contributed by atoms with Crippen LogP contribution in [-0.2, 0) is 15.9 Å². The first-order valence-electron chi connectivity index (χ1n) is 10.5. The molecule has 2 atom stereocenters. The van der Waals surface area contributed by atoms with Crippen molar-refractivity contribution in [2.24, 2.45) is 0 Å². The number of aryl methyl sites for hydroxylation is 2. The highest BCUT2D eigenvalue weighted by atomic mass is 19.1. The standard InChI is InChI=1S/C16H20FNO2.C9H8FN/c1-12-10-14(17)5-6-15(12)13(11-18)7-9-20-16-4-2-3-8-19-16;1-7-6-9(10)3-2-8(7)4-5-11/h5-6,10,13,16H,2-4,7-9H2,1H3;2-3,6H,4H2,1H3. The summed E-state index contributed by atoms with van der Waals surface area (Å²) in [4.78, 5) is 0. The second kappa shape index (κ2) is 12.8. The van der Waals surface area contributed by atoms with Gasteiger partial charge in [0.05, 0.1) is 31.1 Å². The van der Waals surface area contributed by atoms with E-state index in [9.17, 15) is 14.0 Å². The fourth-order valence-corrected chi connectivity index (χ4v) is 3.42. The van der Waals surface area contributed by atoms with Crippen LogP contribution in [0.1, 0.15) is 53.9 Å². The Bertz CT molecular complexity index is 928. The van der Waals surface area contributed by atoms with Gasteiger partial charge in [0.1, 0.15) is 11.6 Å². The Morgan fingerprint density at radius 1 is 1.06 bits per heavy atom. The number of nitrogens with zero attached hydrogens (tertiary/aromatic N) is 2. The number of hydrogen-bond donors (Lipinski definition) is 0. The van der Waals surface area contributed by atoms with Crippen LogP contribution in [0.15, 0.2) is 36.4 Å². The lowest BCUT2D eigenvalue weighted by atomic mass is 9.93. The zero-order chi connectivity index (χ0) is 22.6. The van der Waals surface area contributed by atoms with E-state index in [4.69, 9.17) is 14.7 Å². The lowest BCUT2D eigenvalue weighted by Gasteiger charge is -2.23. The Kier molecular flexibility index (Phi) is 10.1. The predicted molar refractivity (Wildman–Crippen MR) is 114 cm³/mol. The van der Waals surface area contributed by atoms with E-state index < -0.39 is 0 Å². The monoisotopic (exact) mass is 426 g/mol. The van der Waals surface area contributed by atoms with Crippen molar-refractivity contribution in [1.29, 1.82) is 10.5 Å². The molecule has 1 aliphatic heterocycles. The summed E-state index contributed by atoms with van der Waals surface area (Å²) < 4.78 is 36.7. The molecule has 164 valence electrons. The maximum atomic E-state index is 13.1. The summed E-state index contributed by atoms with van der Waals surface area (Å²) >= 11 is 0. The molecule has 0 radical (unpaired) electrons. The smallest absolute Gasteiger partial charge is 0.157 e. The van der Waals surface area contributed by atoms with Gasteiger partial charge in [-0.15, -0.1) is 0 Å². The van der Waals surface area contributed by atoms with Crippen LogP contribution in [-0.4, -0.2) is 19.5 Å². The summed E-state index contributed by atoms with van der Waals surface area (Å²) in [7, 11) is 0. The fraction of sp³-hybridized carbons (Fsp3) is 0.440. The minimum absolute atomic E-state index is 0.127. The molecular formula is C25H28F2N2O2. The van der Waals surface area contributed by atoms with Gasteiger partial charge in [0.15, 0.2) is 6.29 Å². The van der Waals surface area contributed by atoms with Gasteiger partial charge in [-0.2, -0.15) is 10.5 Å². The summed E-state index contributed by atoms with van der Waals surface area (Å²) in [5.41, 5.74) is 3.42. The molecule has 6 heteroatoms. The first-order valence-corrected chi connectivity index (χ1v) is 10.5. The van der Waals surface area contributed by atoms with Gasteiger partial charge in [-0.05, 0) is 86.1 Å². The lowest BCUT2D eigenvalue weighted by molar-refractivity contribution is -0.162. The maximum absolute atomic E-state index is 13.1. The van der Waals surface area contributed by atoms with Crippen molar-refractivity contribution in [1.82, 2.24) is 0 Å². The molecule has 0 N–H and O–H groups in total. The maximum Gasteiger partial charge on any atom is 0.157 e. The molecule has 2 aromatic carbocycles. The van der Waals surface area contributed by atoms with E-state index in [1.165, 1.54) is 24.3 Å². The highest BCUT2D eigenvalue weighted by Gasteiger charge is 2.17. The zero-order valence-corrected chi connectivity index (χ0v) is 18.0. The van der Waals surface area contributed by atoms with Crippen LogP contribution < -0.4 is 0 Å². The molecule has 0 spiro atoms. The molecule has 0 amide bonds. The number of halogens is 2. The average Bonchev–Trinajstić information content (AvgIpc) is 2.75. The molecule has 4 nitrogen and oxygen atoms in total. The van der Waals surface area contributed by atoms with Crippen LogP contribution in [0.5, 0.6) is 0 Å². The first kappa shape index (κ1) is 24.5. The Hall–Kier alpha value is -2.80. The second-order valence-corrected chi connectivity index (χ2v) is 7.54. The van der Waals surface area contributed by atoms with Crippen molar-refractivity contribution in [3.63, 3.8) is 0 Å². The van der Waals surface area contributed by atoms with Gasteiger partial charge < -0.3 is 9.47 Å². The van der Waals surface area contributed by atoms with Gasteiger partial charge in [-0.25, -0.2) is 8.78 Å². The van der Waals surface area contributed by atoms with E-state index in [1.54, 1.807) is 19.1 Å². The van der Waals surface area contributed by atoms with Crippen LogP contribution in [0, 0.1) is 48.1 Å². The highest BCUT2D eigenvalue weighted by molar-refractivity contribution is 5.33. The van der Waals surface area contributed by atoms with E-state index in [2.05, 4.69) is 6.07 Å². The van der Waals surface area contributed by atoms with Crippen molar-refractivity contribution in [2.75, 3.05) is 13.2 Å². The van der Waals surface area contributed by atoms with Crippen molar-refractivity contribution < 1.29 is 18.3 Å². The summed E-state index contributed by atoms with van der Waals surface area (Å²) in [6.45, 7) is 4.87. The van der Waals surface area contributed by atoms with Gasteiger partial charge in [0, 0.05) is 6.61 Å². The largest absolute Gasteiger partial charge is 0.353 e. The molecule has 0 aliphatic carbocycles. The van der Waals surface area contributed by atoms with Gasteiger partial charge in [0.2, 0.25) is 0 Å². The quantitative estimate of drug-likeness (QED) is 0.579. The van der Waals surface area contributed by atoms with Crippen molar-refractivity contribution in [2.45, 2.75) is 58.2 Å². The Morgan fingerprint density at radius 3 is 2.35 bits per heavy atom. The molecule has 31 heavy (non-hydrogen) atoms. The normalized spacial score (nSPS) is 16.4. The van der Waals surface area contributed by atoms with Crippen molar-refractivity contribution >= 4 is 0 Å². The Morgan fingerprint density at radius 2 is 1.77 bits per heavy atom. The van der Waals surface area contributed by atoms with Crippen LogP contribution >= 0.6 is 0 Å². The van der Waals surface area contributed by atoms with Crippen LogP contribution in [0.25, 0.3) is 0 Å². The van der Waals surface area contributed by atoms with Crippen molar-refractivity contribution in [3.8, 4) is 12.1 Å². The van der Waals surface area contributed by atoms with Gasteiger partial charge >= 0.3 is 0 Å². The molecule has 0 bridgehead atoms. The van der Waals surface area contributed by atoms with E-state index in [-0.39, 0.29) is 23.8 Å². The minimum Gasteiger partial charge on any atom is -0.353 e. The van der Waals surface area contributed by atoms with Gasteiger partial charge in [-0.3, -0.25) is 0 Å². The number of nitriles is 2. The van der Waals surface area contributed by atoms with Crippen LogP contribution in [0.2, 0.25) is 0 Å². The Labute approximate surface area is 183 Å². The predicted octanol–water partition coefficient (Wildman–Crippen LogP) is 5.87. The summed E-state index contributed by atoms with van der Waals surface area (Å²) in [5, 5.41) is 17.6. The molecule has 3 rings (SSSR count). The van der Waals surface area contributed by atoms with E-state index >= 15 is 0 Å². The fourth-order valence-electron chi connectivity index (χ4n) is 3.42. The summed E-state index contributed by atoms with van der Waals surface area (Å²) in [5.74, 6) is -0.779. The van der Waals surface area contributed by atoms with Crippen LogP contribution in [0.4, 0.5) is 8.78 Å². The third-order valence-corrected chi connectivity index (χ3v) is 5.19. The second-order valence-electron chi connectivity index (χ2n) is 7.54. The number of rotatable bonds is 6. The number of ether oxygens (including phenoxy) is 2. The third-order valence-electron chi connectivity index (χ3n) is 5.19. The van der Waals surface area contributed by atoms with E-state index in [1.807, 2.05) is 13.0 Å².